The zero-order chi connectivity index (χ0) is 12.3. The maximum atomic E-state index is 11.7. The SMILES string of the molecule is CCCN[C@H](C)c1c[nH]c(=O)c2ccccc12. The quantitative estimate of drug-likeness (QED) is 0.848. The molecule has 0 saturated heterocycles. The monoisotopic (exact) mass is 230 g/mol. The van der Waals surface area contributed by atoms with Crippen LogP contribution in [0.3, 0.4) is 0 Å². The van der Waals surface area contributed by atoms with E-state index < -0.39 is 0 Å². The van der Waals surface area contributed by atoms with E-state index in [1.807, 2.05) is 30.5 Å². The summed E-state index contributed by atoms with van der Waals surface area (Å²) < 4.78 is 0. The molecule has 0 amide bonds. The van der Waals surface area contributed by atoms with Crippen molar-refractivity contribution in [2.24, 2.45) is 0 Å². The first-order valence-corrected chi connectivity index (χ1v) is 6.07. The third-order valence-corrected chi connectivity index (χ3v) is 3.01. The van der Waals surface area contributed by atoms with E-state index in [0.717, 1.165) is 29.3 Å². The molecule has 3 heteroatoms. The third kappa shape index (κ3) is 2.39. The van der Waals surface area contributed by atoms with Gasteiger partial charge >= 0.3 is 0 Å². The van der Waals surface area contributed by atoms with Gasteiger partial charge in [0.15, 0.2) is 0 Å². The summed E-state index contributed by atoms with van der Waals surface area (Å²) in [5, 5.41) is 5.23. The van der Waals surface area contributed by atoms with Gasteiger partial charge in [0.05, 0.1) is 0 Å². The normalized spacial score (nSPS) is 12.8. The number of hydrogen-bond acceptors (Lipinski definition) is 2. The van der Waals surface area contributed by atoms with Gasteiger partial charge in [-0.25, -0.2) is 0 Å². The molecule has 0 spiro atoms. The summed E-state index contributed by atoms with van der Waals surface area (Å²) in [5.74, 6) is 0. The fourth-order valence-electron chi connectivity index (χ4n) is 2.06. The van der Waals surface area contributed by atoms with Crippen molar-refractivity contribution in [3.8, 4) is 0 Å². The molecule has 1 heterocycles. The van der Waals surface area contributed by atoms with Crippen molar-refractivity contribution in [2.45, 2.75) is 26.3 Å². The van der Waals surface area contributed by atoms with E-state index in [2.05, 4.69) is 24.1 Å². The summed E-state index contributed by atoms with van der Waals surface area (Å²) >= 11 is 0. The van der Waals surface area contributed by atoms with Crippen LogP contribution in [0.4, 0.5) is 0 Å². The van der Waals surface area contributed by atoms with Crippen molar-refractivity contribution in [2.75, 3.05) is 6.54 Å². The van der Waals surface area contributed by atoms with Crippen LogP contribution in [0, 0.1) is 0 Å². The van der Waals surface area contributed by atoms with Gasteiger partial charge in [-0.15, -0.1) is 0 Å². The first-order chi connectivity index (χ1) is 8.24. The molecule has 17 heavy (non-hydrogen) atoms. The lowest BCUT2D eigenvalue weighted by Gasteiger charge is -2.15. The number of hydrogen-bond donors (Lipinski definition) is 2. The highest BCUT2D eigenvalue weighted by Gasteiger charge is 2.09. The van der Waals surface area contributed by atoms with Gasteiger partial charge in [0.1, 0.15) is 0 Å². The average molecular weight is 230 g/mol. The maximum Gasteiger partial charge on any atom is 0.255 e. The number of H-pyrrole nitrogens is 1. The second-order valence-corrected chi connectivity index (χ2v) is 4.29. The molecule has 0 aliphatic carbocycles. The Bertz CT molecular complexity index is 559. The molecule has 1 atom stereocenters. The van der Waals surface area contributed by atoms with Gasteiger partial charge < -0.3 is 10.3 Å². The maximum absolute atomic E-state index is 11.7. The van der Waals surface area contributed by atoms with E-state index in [4.69, 9.17) is 0 Å². The molecule has 0 fully saturated rings. The van der Waals surface area contributed by atoms with Gasteiger partial charge in [-0.3, -0.25) is 4.79 Å². The minimum absolute atomic E-state index is 0.0213. The number of rotatable bonds is 4. The molecular formula is C14H18N2O. The average Bonchev–Trinajstić information content (AvgIpc) is 2.37. The fraction of sp³-hybridized carbons (Fsp3) is 0.357. The second-order valence-electron chi connectivity index (χ2n) is 4.29. The molecule has 2 aromatic rings. The lowest BCUT2D eigenvalue weighted by atomic mass is 10.0. The van der Waals surface area contributed by atoms with Gasteiger partial charge in [-0.2, -0.15) is 0 Å². The van der Waals surface area contributed by atoms with E-state index in [1.165, 1.54) is 0 Å². The standard InChI is InChI=1S/C14H18N2O/c1-3-8-15-10(2)13-9-16-14(17)12-7-5-4-6-11(12)13/h4-7,9-10,15H,3,8H2,1-2H3,(H,16,17)/t10-/m1/s1. The number of benzene rings is 1. The van der Waals surface area contributed by atoms with Crippen LogP contribution in [0.5, 0.6) is 0 Å². The van der Waals surface area contributed by atoms with Crippen LogP contribution >= 0.6 is 0 Å². The van der Waals surface area contributed by atoms with E-state index in [0.29, 0.717) is 0 Å². The van der Waals surface area contributed by atoms with Crippen molar-refractivity contribution in [3.63, 3.8) is 0 Å². The summed E-state index contributed by atoms with van der Waals surface area (Å²) in [6.45, 7) is 5.25. The number of aromatic amines is 1. The Labute approximate surface area is 101 Å². The van der Waals surface area contributed by atoms with Gasteiger partial charge in [0.2, 0.25) is 0 Å². The van der Waals surface area contributed by atoms with Crippen LogP contribution < -0.4 is 10.9 Å². The van der Waals surface area contributed by atoms with Gasteiger partial charge in [-0.05, 0) is 36.9 Å². The molecule has 0 unspecified atom stereocenters. The first kappa shape index (κ1) is 11.9. The molecule has 1 aromatic heterocycles. The summed E-state index contributed by atoms with van der Waals surface area (Å²) in [4.78, 5) is 14.5. The third-order valence-electron chi connectivity index (χ3n) is 3.01. The van der Waals surface area contributed by atoms with E-state index in [-0.39, 0.29) is 11.6 Å². The van der Waals surface area contributed by atoms with Crippen molar-refractivity contribution >= 4 is 10.8 Å². The number of pyridine rings is 1. The van der Waals surface area contributed by atoms with Crippen LogP contribution in [0.15, 0.2) is 35.3 Å². The highest BCUT2D eigenvalue weighted by Crippen LogP contribution is 2.20. The minimum atomic E-state index is -0.0213. The van der Waals surface area contributed by atoms with Crippen molar-refractivity contribution in [1.82, 2.24) is 10.3 Å². The molecule has 0 saturated carbocycles. The highest BCUT2D eigenvalue weighted by molar-refractivity contribution is 5.84. The van der Waals surface area contributed by atoms with Crippen LogP contribution in [-0.4, -0.2) is 11.5 Å². The largest absolute Gasteiger partial charge is 0.328 e. The molecule has 2 N–H and O–H groups in total. The van der Waals surface area contributed by atoms with Crippen LogP contribution in [-0.2, 0) is 0 Å². The van der Waals surface area contributed by atoms with Gasteiger partial charge in [0, 0.05) is 17.6 Å². The molecule has 1 aromatic carbocycles. The Morgan fingerprint density at radius 1 is 1.29 bits per heavy atom. The summed E-state index contributed by atoms with van der Waals surface area (Å²) in [7, 11) is 0. The second kappa shape index (κ2) is 5.15. The zero-order valence-corrected chi connectivity index (χ0v) is 10.3. The molecule has 0 aliphatic heterocycles. The molecule has 0 radical (unpaired) electrons. The van der Waals surface area contributed by atoms with Crippen molar-refractivity contribution in [1.29, 1.82) is 0 Å². The Hall–Kier alpha value is -1.61. The minimum Gasteiger partial charge on any atom is -0.328 e. The Kier molecular flexibility index (Phi) is 3.59. The lowest BCUT2D eigenvalue weighted by Crippen LogP contribution is -2.21. The zero-order valence-electron chi connectivity index (χ0n) is 10.3. The van der Waals surface area contributed by atoms with E-state index in [1.54, 1.807) is 0 Å². The van der Waals surface area contributed by atoms with Crippen molar-refractivity contribution in [3.05, 3.63) is 46.4 Å². The van der Waals surface area contributed by atoms with Crippen molar-refractivity contribution < 1.29 is 0 Å². The Morgan fingerprint density at radius 3 is 2.71 bits per heavy atom. The smallest absolute Gasteiger partial charge is 0.255 e. The number of fused-ring (bicyclic) bond motifs is 1. The first-order valence-electron chi connectivity index (χ1n) is 6.07. The Morgan fingerprint density at radius 2 is 2.00 bits per heavy atom. The van der Waals surface area contributed by atoms with E-state index >= 15 is 0 Å². The lowest BCUT2D eigenvalue weighted by molar-refractivity contribution is 0.572. The van der Waals surface area contributed by atoms with Crippen LogP contribution in [0.25, 0.3) is 10.8 Å². The molecular weight excluding hydrogens is 212 g/mol. The van der Waals surface area contributed by atoms with E-state index in [9.17, 15) is 4.79 Å². The predicted molar refractivity (Wildman–Crippen MR) is 71.3 cm³/mol. The van der Waals surface area contributed by atoms with Crippen LogP contribution in [0.2, 0.25) is 0 Å². The number of nitrogens with one attached hydrogen (secondary N) is 2. The number of aromatic nitrogens is 1. The predicted octanol–water partition coefficient (Wildman–Crippen LogP) is 2.59. The molecule has 90 valence electrons. The van der Waals surface area contributed by atoms with Gasteiger partial charge in [-0.1, -0.05) is 25.1 Å². The summed E-state index contributed by atoms with van der Waals surface area (Å²) in [6, 6.07) is 7.98. The molecule has 2 rings (SSSR count). The highest BCUT2D eigenvalue weighted by atomic mass is 16.1. The summed E-state index contributed by atoms with van der Waals surface area (Å²) in [5.41, 5.74) is 1.13. The molecule has 0 aliphatic rings. The molecule has 3 nitrogen and oxygen atoms in total. The molecule has 0 bridgehead atoms. The van der Waals surface area contributed by atoms with Crippen LogP contribution in [0.1, 0.15) is 31.9 Å². The fourth-order valence-corrected chi connectivity index (χ4v) is 2.06. The Balaban J connectivity index is 2.48. The topological polar surface area (TPSA) is 44.9 Å². The summed E-state index contributed by atoms with van der Waals surface area (Å²) in [6.07, 6.45) is 2.92. The van der Waals surface area contributed by atoms with Gasteiger partial charge in [0.25, 0.3) is 5.56 Å².